The van der Waals surface area contributed by atoms with Crippen LogP contribution in [-0.4, -0.2) is 15.8 Å². The van der Waals surface area contributed by atoms with Gasteiger partial charge in [-0.3, -0.25) is 14.9 Å². The van der Waals surface area contributed by atoms with Gasteiger partial charge in [0, 0.05) is 18.1 Å². The van der Waals surface area contributed by atoms with Crippen LogP contribution in [-0.2, 0) is 4.79 Å². The molecule has 1 N–H and O–H groups in total. The third kappa shape index (κ3) is 4.34. The fraction of sp³-hybridized carbons (Fsp3) is 0.556. The van der Waals surface area contributed by atoms with Crippen LogP contribution < -0.4 is 5.32 Å². The van der Waals surface area contributed by atoms with E-state index in [1.165, 1.54) is 42.7 Å². The summed E-state index contributed by atoms with van der Waals surface area (Å²) in [5.41, 5.74) is 0.716. The number of nitro benzene ring substituents is 1. The van der Waals surface area contributed by atoms with Crippen LogP contribution in [0, 0.1) is 22.0 Å². The minimum absolute atomic E-state index is 0.0301. The Morgan fingerprint density at radius 2 is 2.12 bits per heavy atom. The summed E-state index contributed by atoms with van der Waals surface area (Å²) in [6.45, 7) is 2.21. The lowest BCUT2D eigenvalue weighted by Gasteiger charge is -2.27. The zero-order valence-electron chi connectivity index (χ0n) is 14.4. The van der Waals surface area contributed by atoms with Crippen LogP contribution in [0.25, 0.3) is 10.2 Å². The fourth-order valence-corrected chi connectivity index (χ4v) is 4.40. The highest BCUT2D eigenvalue weighted by atomic mass is 32.1. The van der Waals surface area contributed by atoms with E-state index < -0.39 is 4.92 Å². The molecule has 3 rings (SSSR count). The maximum absolute atomic E-state index is 12.5. The van der Waals surface area contributed by atoms with Crippen LogP contribution in [0.4, 0.5) is 10.8 Å². The summed E-state index contributed by atoms with van der Waals surface area (Å²) in [5, 5.41) is 14.3. The van der Waals surface area contributed by atoms with Gasteiger partial charge in [-0.15, -0.1) is 0 Å². The highest BCUT2D eigenvalue weighted by molar-refractivity contribution is 7.22. The highest BCUT2D eigenvalue weighted by Gasteiger charge is 2.26. The summed E-state index contributed by atoms with van der Waals surface area (Å²) in [5.74, 6) is 0.855. The molecule has 0 aliphatic heterocycles. The molecule has 0 spiro atoms. The summed E-state index contributed by atoms with van der Waals surface area (Å²) in [6, 6.07) is 4.56. The number of amides is 1. The lowest BCUT2D eigenvalue weighted by atomic mass is 9.79. The molecule has 2 aromatic rings. The minimum atomic E-state index is -0.422. The number of anilines is 1. The second-order valence-corrected chi connectivity index (χ2v) is 7.81. The van der Waals surface area contributed by atoms with Crippen molar-refractivity contribution in [2.75, 3.05) is 5.32 Å². The Morgan fingerprint density at radius 3 is 2.80 bits per heavy atom. The number of carbonyl (C=O) groups is 1. The first-order valence-electron chi connectivity index (χ1n) is 8.92. The summed E-state index contributed by atoms with van der Waals surface area (Å²) in [7, 11) is 0. The number of nitro groups is 1. The summed E-state index contributed by atoms with van der Waals surface area (Å²) < 4.78 is 0.716. The molecule has 1 heterocycles. The first-order valence-corrected chi connectivity index (χ1v) is 9.74. The van der Waals surface area contributed by atoms with Crippen molar-refractivity contribution in [3.63, 3.8) is 0 Å². The largest absolute Gasteiger partial charge is 0.302 e. The van der Waals surface area contributed by atoms with E-state index in [-0.39, 0.29) is 17.5 Å². The van der Waals surface area contributed by atoms with Crippen LogP contribution in [0.5, 0.6) is 0 Å². The summed E-state index contributed by atoms with van der Waals surface area (Å²) in [4.78, 5) is 27.3. The van der Waals surface area contributed by atoms with Gasteiger partial charge in [0.1, 0.15) is 0 Å². The maximum atomic E-state index is 12.5. The van der Waals surface area contributed by atoms with Gasteiger partial charge in [-0.25, -0.2) is 4.98 Å². The number of benzene rings is 1. The Morgan fingerprint density at radius 1 is 1.36 bits per heavy atom. The third-order valence-corrected chi connectivity index (χ3v) is 5.93. The quantitative estimate of drug-likeness (QED) is 0.570. The Labute approximate surface area is 150 Å². The molecule has 1 aromatic heterocycles. The monoisotopic (exact) mass is 361 g/mol. The fourth-order valence-electron chi connectivity index (χ4n) is 3.49. The second kappa shape index (κ2) is 7.91. The average Bonchev–Trinajstić information content (AvgIpc) is 3.01. The number of hydrogen-bond acceptors (Lipinski definition) is 5. The number of hydrogen-bond donors (Lipinski definition) is 1. The van der Waals surface area contributed by atoms with Crippen molar-refractivity contribution in [1.82, 2.24) is 4.98 Å². The molecule has 134 valence electrons. The number of nitrogens with zero attached hydrogens (tertiary/aromatic N) is 2. The number of nitrogens with one attached hydrogen (secondary N) is 1. The molecule has 1 saturated carbocycles. The Balaban J connectivity index is 1.60. The van der Waals surface area contributed by atoms with Gasteiger partial charge in [-0.1, -0.05) is 37.5 Å². The molecule has 0 radical (unpaired) electrons. The van der Waals surface area contributed by atoms with Gasteiger partial charge < -0.3 is 5.32 Å². The summed E-state index contributed by atoms with van der Waals surface area (Å²) in [6.07, 6.45) is 7.93. The second-order valence-electron chi connectivity index (χ2n) is 6.78. The lowest BCUT2D eigenvalue weighted by Crippen LogP contribution is -2.27. The van der Waals surface area contributed by atoms with Gasteiger partial charge in [0.25, 0.3) is 5.69 Å². The van der Waals surface area contributed by atoms with Gasteiger partial charge in [0.15, 0.2) is 5.13 Å². The topological polar surface area (TPSA) is 85.1 Å². The van der Waals surface area contributed by atoms with Gasteiger partial charge in [0.2, 0.25) is 5.91 Å². The molecule has 25 heavy (non-hydrogen) atoms. The number of thiazole rings is 1. The van der Waals surface area contributed by atoms with Gasteiger partial charge in [-0.05, 0) is 37.7 Å². The highest BCUT2D eigenvalue weighted by Crippen LogP contribution is 2.34. The Bertz CT molecular complexity index is 766. The van der Waals surface area contributed by atoms with Crippen molar-refractivity contribution < 1.29 is 9.72 Å². The van der Waals surface area contributed by atoms with E-state index in [0.717, 1.165) is 31.6 Å². The smallest absolute Gasteiger partial charge is 0.270 e. The molecule has 0 unspecified atom stereocenters. The zero-order chi connectivity index (χ0) is 17.8. The van der Waals surface area contributed by atoms with E-state index in [1.54, 1.807) is 6.07 Å². The number of fused-ring (bicyclic) bond motifs is 1. The van der Waals surface area contributed by atoms with Gasteiger partial charge in [0.05, 0.1) is 15.1 Å². The predicted octanol–water partition coefficient (Wildman–Crippen LogP) is 5.14. The van der Waals surface area contributed by atoms with E-state index in [1.807, 2.05) is 0 Å². The molecule has 1 amide bonds. The molecule has 1 aromatic carbocycles. The minimum Gasteiger partial charge on any atom is -0.302 e. The van der Waals surface area contributed by atoms with Crippen molar-refractivity contribution in [1.29, 1.82) is 0 Å². The van der Waals surface area contributed by atoms with Crippen LogP contribution >= 0.6 is 11.3 Å². The number of carbonyl (C=O) groups excluding carboxylic acids is 1. The van der Waals surface area contributed by atoms with E-state index in [4.69, 9.17) is 0 Å². The number of aromatic nitrogens is 1. The van der Waals surface area contributed by atoms with Crippen molar-refractivity contribution in [2.45, 2.75) is 51.9 Å². The van der Waals surface area contributed by atoms with E-state index in [9.17, 15) is 14.9 Å². The molecule has 1 aliphatic carbocycles. The number of non-ortho nitro benzene ring substituents is 1. The summed E-state index contributed by atoms with van der Waals surface area (Å²) >= 11 is 1.29. The molecule has 6 nitrogen and oxygen atoms in total. The van der Waals surface area contributed by atoms with Gasteiger partial charge in [-0.2, -0.15) is 0 Å². The molecular weight excluding hydrogens is 338 g/mol. The van der Waals surface area contributed by atoms with E-state index in [2.05, 4.69) is 17.2 Å². The van der Waals surface area contributed by atoms with Crippen molar-refractivity contribution in [2.24, 2.45) is 11.8 Å². The Kier molecular flexibility index (Phi) is 5.63. The molecular formula is C18H23N3O3S. The van der Waals surface area contributed by atoms with Crippen molar-refractivity contribution in [3.8, 4) is 0 Å². The molecule has 1 aliphatic rings. The van der Waals surface area contributed by atoms with Crippen LogP contribution in [0.2, 0.25) is 0 Å². The average molecular weight is 361 g/mol. The predicted molar refractivity (Wildman–Crippen MR) is 99.9 cm³/mol. The van der Waals surface area contributed by atoms with Crippen LogP contribution in [0.15, 0.2) is 18.2 Å². The first kappa shape index (κ1) is 17.8. The normalized spacial score (nSPS) is 20.5. The van der Waals surface area contributed by atoms with E-state index in [0.29, 0.717) is 15.3 Å². The van der Waals surface area contributed by atoms with Crippen molar-refractivity contribution in [3.05, 3.63) is 28.3 Å². The van der Waals surface area contributed by atoms with Crippen LogP contribution in [0.1, 0.15) is 51.9 Å². The zero-order valence-corrected chi connectivity index (χ0v) is 15.2. The molecule has 0 bridgehead atoms. The SMILES string of the molecule is CCCCC1CCC(C(=O)Nc2nc3ccc([N+](=O)[O-])cc3s2)CC1. The Hall–Kier alpha value is -2.02. The maximum Gasteiger partial charge on any atom is 0.270 e. The number of unbranched alkanes of at least 4 members (excludes halogenated alkanes) is 1. The van der Waals surface area contributed by atoms with E-state index >= 15 is 0 Å². The first-order chi connectivity index (χ1) is 12.1. The molecule has 7 heteroatoms. The number of rotatable bonds is 6. The lowest BCUT2D eigenvalue weighted by molar-refractivity contribution is -0.384. The standard InChI is InChI=1S/C18H23N3O3S/c1-2-3-4-12-5-7-13(8-6-12)17(22)20-18-19-15-10-9-14(21(23)24)11-16(15)25-18/h9-13H,2-8H2,1H3,(H,19,20,22). The van der Waals surface area contributed by atoms with Crippen LogP contribution in [0.3, 0.4) is 0 Å². The van der Waals surface area contributed by atoms with Crippen molar-refractivity contribution >= 4 is 38.3 Å². The third-order valence-electron chi connectivity index (χ3n) is 5.00. The molecule has 0 atom stereocenters. The molecule has 0 saturated heterocycles. The molecule has 1 fully saturated rings. The van der Waals surface area contributed by atoms with Gasteiger partial charge >= 0.3 is 0 Å².